The number of fused-ring (bicyclic) bond motifs is 1. The molecule has 146 valence electrons. The third kappa shape index (κ3) is 3.38. The topological polar surface area (TPSA) is 78.3 Å². The smallest absolute Gasteiger partial charge is 0.263 e. The van der Waals surface area contributed by atoms with Crippen molar-refractivity contribution in [2.24, 2.45) is 0 Å². The maximum absolute atomic E-state index is 13.4. The highest BCUT2D eigenvalue weighted by Crippen LogP contribution is 2.36. The Labute approximate surface area is 166 Å². The fourth-order valence-corrected chi connectivity index (χ4v) is 4.54. The maximum atomic E-state index is 13.4. The minimum absolute atomic E-state index is 0.354. The van der Waals surface area contributed by atoms with Crippen LogP contribution in [0.2, 0.25) is 0 Å². The highest BCUT2D eigenvalue weighted by Gasteiger charge is 2.27. The van der Waals surface area contributed by atoms with Crippen molar-refractivity contribution in [1.82, 2.24) is 9.55 Å². The van der Waals surface area contributed by atoms with Crippen LogP contribution in [0.5, 0.6) is 5.75 Å². The van der Waals surface area contributed by atoms with Crippen LogP contribution >= 0.6 is 11.3 Å². The Morgan fingerprint density at radius 2 is 1.75 bits per heavy atom. The van der Waals surface area contributed by atoms with Crippen LogP contribution in [-0.4, -0.2) is 27.7 Å². The van der Waals surface area contributed by atoms with Gasteiger partial charge in [0.15, 0.2) is 17.6 Å². The summed E-state index contributed by atoms with van der Waals surface area (Å²) in [6.45, 7) is 8.70. The minimum atomic E-state index is -1.15. The number of ketones is 2. The van der Waals surface area contributed by atoms with Crippen molar-refractivity contribution < 1.29 is 14.3 Å². The van der Waals surface area contributed by atoms with Crippen molar-refractivity contribution in [2.75, 3.05) is 6.61 Å². The van der Waals surface area contributed by atoms with Crippen molar-refractivity contribution >= 4 is 33.1 Å². The predicted octanol–water partition coefficient (Wildman–Crippen LogP) is 3.86. The Balaban J connectivity index is 2.30. The van der Waals surface area contributed by atoms with E-state index in [1.165, 1.54) is 29.8 Å². The van der Waals surface area contributed by atoms with E-state index in [4.69, 9.17) is 4.74 Å². The Kier molecular flexibility index (Phi) is 5.47. The molecule has 0 aliphatic heterocycles. The molecule has 0 aliphatic rings. The Bertz CT molecular complexity index is 1110. The first-order chi connectivity index (χ1) is 13.3. The van der Waals surface area contributed by atoms with Crippen LogP contribution in [0.15, 0.2) is 29.1 Å². The molecule has 28 heavy (non-hydrogen) atoms. The summed E-state index contributed by atoms with van der Waals surface area (Å²) < 4.78 is 6.71. The third-order valence-electron chi connectivity index (χ3n) is 4.59. The fraction of sp³-hybridized carbons (Fsp3) is 0.333. The Morgan fingerprint density at radius 3 is 2.29 bits per heavy atom. The zero-order valence-corrected chi connectivity index (χ0v) is 17.3. The zero-order valence-electron chi connectivity index (χ0n) is 16.5. The number of hydrogen-bond acceptors (Lipinski definition) is 6. The van der Waals surface area contributed by atoms with Gasteiger partial charge in [0.1, 0.15) is 16.4 Å². The number of nitrogens with zero attached hydrogens (tertiary/aromatic N) is 2. The van der Waals surface area contributed by atoms with Crippen LogP contribution < -0.4 is 10.3 Å². The molecule has 0 amide bonds. The van der Waals surface area contributed by atoms with E-state index in [-0.39, 0.29) is 17.1 Å². The van der Waals surface area contributed by atoms with Crippen molar-refractivity contribution in [3.63, 3.8) is 0 Å². The van der Waals surface area contributed by atoms with Gasteiger partial charge in [-0.15, -0.1) is 11.3 Å². The summed E-state index contributed by atoms with van der Waals surface area (Å²) in [4.78, 5) is 43.6. The molecular formula is C21H22N2O4S. The number of benzene rings is 1. The molecule has 3 aromatic rings. The molecule has 0 fully saturated rings. The summed E-state index contributed by atoms with van der Waals surface area (Å²) in [7, 11) is 0. The van der Waals surface area contributed by atoms with Crippen molar-refractivity contribution in [2.45, 2.75) is 40.7 Å². The van der Waals surface area contributed by atoms with Crippen LogP contribution in [0, 0.1) is 13.8 Å². The molecule has 0 spiro atoms. The van der Waals surface area contributed by atoms with E-state index in [2.05, 4.69) is 4.98 Å². The maximum Gasteiger partial charge on any atom is 0.263 e. The van der Waals surface area contributed by atoms with Gasteiger partial charge in [0, 0.05) is 10.4 Å². The number of Topliss-reactive ketones (excluding diaryl/α,β-unsaturated/α-hetero) is 2. The molecule has 1 aromatic carbocycles. The predicted molar refractivity (Wildman–Crippen MR) is 110 cm³/mol. The molecule has 0 bridgehead atoms. The highest BCUT2D eigenvalue weighted by molar-refractivity contribution is 7.19. The van der Waals surface area contributed by atoms with Crippen LogP contribution in [-0.2, 0) is 9.59 Å². The number of hydrogen-bond donors (Lipinski definition) is 0. The number of aryl methyl sites for hydroxylation is 2. The van der Waals surface area contributed by atoms with Crippen LogP contribution in [0.1, 0.15) is 37.5 Å². The van der Waals surface area contributed by atoms with Gasteiger partial charge in [-0.3, -0.25) is 19.0 Å². The van der Waals surface area contributed by atoms with Crippen LogP contribution in [0.4, 0.5) is 0 Å². The molecule has 0 aliphatic carbocycles. The zero-order chi connectivity index (χ0) is 20.6. The standard InChI is InChI=1S/C21H22N2O4S/c1-6-27-16-9-7-15(8-10-16)17-13(4)28-20-18(17)21(26)23(14(5)22-20)19(11(2)24)12(3)25/h7-10,19H,6H2,1-5H3. The van der Waals surface area contributed by atoms with E-state index in [1.807, 2.05) is 38.1 Å². The van der Waals surface area contributed by atoms with Crippen LogP contribution in [0.25, 0.3) is 21.3 Å². The van der Waals surface area contributed by atoms with E-state index in [0.717, 1.165) is 21.8 Å². The third-order valence-corrected chi connectivity index (χ3v) is 5.59. The summed E-state index contributed by atoms with van der Waals surface area (Å²) in [6, 6.07) is 6.36. The van der Waals surface area contributed by atoms with E-state index < -0.39 is 6.04 Å². The molecule has 0 unspecified atom stereocenters. The van der Waals surface area contributed by atoms with Crippen LogP contribution in [0.3, 0.4) is 0 Å². The largest absolute Gasteiger partial charge is 0.494 e. The summed E-state index contributed by atoms with van der Waals surface area (Å²) >= 11 is 1.43. The molecule has 2 heterocycles. The lowest BCUT2D eigenvalue weighted by molar-refractivity contribution is -0.129. The lowest BCUT2D eigenvalue weighted by atomic mass is 10.0. The molecule has 0 saturated carbocycles. The Morgan fingerprint density at radius 1 is 1.14 bits per heavy atom. The minimum Gasteiger partial charge on any atom is -0.494 e. The summed E-state index contributed by atoms with van der Waals surface area (Å²) in [5, 5.41) is 0.435. The fourth-order valence-electron chi connectivity index (χ4n) is 3.46. The van der Waals surface area contributed by atoms with E-state index in [9.17, 15) is 14.4 Å². The second kappa shape index (κ2) is 7.67. The van der Waals surface area contributed by atoms with Gasteiger partial charge in [-0.25, -0.2) is 4.98 Å². The molecule has 0 atom stereocenters. The first kappa shape index (κ1) is 19.9. The second-order valence-corrected chi connectivity index (χ2v) is 7.83. The molecule has 7 heteroatoms. The quantitative estimate of drug-likeness (QED) is 0.589. The first-order valence-corrected chi connectivity index (χ1v) is 9.84. The number of carbonyl (C=O) groups excluding carboxylic acids is 2. The molecule has 0 saturated heterocycles. The average molecular weight is 398 g/mol. The molecule has 2 aromatic heterocycles. The monoisotopic (exact) mass is 398 g/mol. The van der Waals surface area contributed by atoms with E-state index in [0.29, 0.717) is 22.6 Å². The molecule has 6 nitrogen and oxygen atoms in total. The van der Waals surface area contributed by atoms with Gasteiger partial charge < -0.3 is 4.74 Å². The average Bonchev–Trinajstić information content (AvgIpc) is 2.94. The molecule has 0 radical (unpaired) electrons. The van der Waals surface area contributed by atoms with Gasteiger partial charge in [0.05, 0.1) is 12.0 Å². The van der Waals surface area contributed by atoms with Crippen molar-refractivity contribution in [3.05, 3.63) is 45.3 Å². The molecular weight excluding hydrogens is 376 g/mol. The van der Waals surface area contributed by atoms with Gasteiger partial charge in [-0.05, 0) is 52.3 Å². The van der Waals surface area contributed by atoms with Crippen molar-refractivity contribution in [3.8, 4) is 16.9 Å². The van der Waals surface area contributed by atoms with Gasteiger partial charge >= 0.3 is 0 Å². The highest BCUT2D eigenvalue weighted by atomic mass is 32.1. The molecule has 0 N–H and O–H groups in total. The number of rotatable bonds is 6. The normalized spacial score (nSPS) is 11.2. The van der Waals surface area contributed by atoms with Gasteiger partial charge in [-0.1, -0.05) is 12.1 Å². The second-order valence-electron chi connectivity index (χ2n) is 6.63. The summed E-state index contributed by atoms with van der Waals surface area (Å²) in [5.74, 6) is 0.345. The Hall–Kier alpha value is -2.80. The number of aromatic nitrogens is 2. The summed E-state index contributed by atoms with van der Waals surface area (Å²) in [6.07, 6.45) is 0. The number of ether oxygens (including phenoxy) is 1. The summed E-state index contributed by atoms with van der Waals surface area (Å²) in [5.41, 5.74) is 1.27. The lowest BCUT2D eigenvalue weighted by Crippen LogP contribution is -2.35. The molecule has 3 rings (SSSR count). The van der Waals surface area contributed by atoms with E-state index in [1.54, 1.807) is 6.92 Å². The van der Waals surface area contributed by atoms with E-state index >= 15 is 0 Å². The number of carbonyl (C=O) groups is 2. The lowest BCUT2D eigenvalue weighted by Gasteiger charge is -2.17. The first-order valence-electron chi connectivity index (χ1n) is 9.02. The van der Waals surface area contributed by atoms with Gasteiger partial charge in [-0.2, -0.15) is 0 Å². The number of thiophene rings is 1. The SMILES string of the molecule is CCOc1ccc(-c2c(C)sc3nc(C)n(C(C(C)=O)C(C)=O)c(=O)c23)cc1. The van der Waals surface area contributed by atoms with Crippen molar-refractivity contribution in [1.29, 1.82) is 0 Å². The van der Waals surface area contributed by atoms with Gasteiger partial charge in [0.25, 0.3) is 5.56 Å². The van der Waals surface area contributed by atoms with Gasteiger partial charge in [0.2, 0.25) is 0 Å².